The molecule has 0 unspecified atom stereocenters. The van der Waals surface area contributed by atoms with E-state index in [1.54, 1.807) is 6.92 Å². The minimum Gasteiger partial charge on any atom is -0.543 e. The minimum absolute atomic E-state index is 0.107. The average molecular weight is 204 g/mol. The zero-order valence-corrected chi connectivity index (χ0v) is 7.78. The van der Waals surface area contributed by atoms with Crippen LogP contribution >= 0.6 is 0 Å². The van der Waals surface area contributed by atoms with E-state index in [2.05, 4.69) is 20.5 Å². The molecule has 2 aromatic rings. The Morgan fingerprint density at radius 2 is 2.33 bits per heavy atom. The molecule has 0 N–H and O–H groups in total. The van der Waals surface area contributed by atoms with Crippen LogP contribution in [0.1, 0.15) is 16.1 Å². The third-order valence-electron chi connectivity index (χ3n) is 1.89. The number of carboxylic acids is 1. The second kappa shape index (κ2) is 3.45. The van der Waals surface area contributed by atoms with Gasteiger partial charge in [0.05, 0.1) is 23.5 Å². The van der Waals surface area contributed by atoms with E-state index in [0.29, 0.717) is 11.3 Å². The number of aryl methyl sites for hydroxylation is 1. The third kappa shape index (κ3) is 1.66. The molecule has 0 saturated carbocycles. The highest BCUT2D eigenvalue weighted by molar-refractivity contribution is 5.83. The van der Waals surface area contributed by atoms with Crippen LogP contribution in [0.5, 0.6) is 0 Å². The van der Waals surface area contributed by atoms with Crippen molar-refractivity contribution in [3.8, 4) is 5.69 Å². The van der Waals surface area contributed by atoms with Crippen molar-refractivity contribution >= 4 is 5.97 Å². The molecule has 0 aliphatic carbocycles. The standard InChI is InChI=1S/C8H7N5O2/c1-5-2-6(8(14)15)9-3-7(5)13-4-10-11-12-13/h2-4H,1H3,(H,14,15)/p-1. The van der Waals surface area contributed by atoms with Gasteiger partial charge in [0.2, 0.25) is 0 Å². The molecule has 15 heavy (non-hydrogen) atoms. The molecule has 2 heterocycles. The molecule has 0 radical (unpaired) electrons. The van der Waals surface area contributed by atoms with Crippen molar-refractivity contribution in [1.82, 2.24) is 25.2 Å². The molecular formula is C8H6N5O2-. The number of aromatic nitrogens is 5. The number of hydrogen-bond acceptors (Lipinski definition) is 6. The second-order valence-electron chi connectivity index (χ2n) is 2.90. The number of carbonyl (C=O) groups is 1. The fourth-order valence-electron chi connectivity index (χ4n) is 1.17. The maximum atomic E-state index is 10.5. The van der Waals surface area contributed by atoms with Gasteiger partial charge in [-0.2, -0.15) is 4.68 Å². The zero-order chi connectivity index (χ0) is 10.8. The first-order valence-corrected chi connectivity index (χ1v) is 4.10. The van der Waals surface area contributed by atoms with E-state index in [-0.39, 0.29) is 5.69 Å². The number of rotatable bonds is 2. The van der Waals surface area contributed by atoms with Crippen molar-refractivity contribution in [3.63, 3.8) is 0 Å². The first-order chi connectivity index (χ1) is 7.18. The Balaban J connectivity index is 2.48. The van der Waals surface area contributed by atoms with E-state index in [0.717, 1.165) is 0 Å². The Hall–Kier alpha value is -2.31. The van der Waals surface area contributed by atoms with E-state index in [9.17, 15) is 9.90 Å². The maximum absolute atomic E-state index is 10.5. The van der Waals surface area contributed by atoms with Crippen LogP contribution in [0.3, 0.4) is 0 Å². The van der Waals surface area contributed by atoms with Gasteiger partial charge in [-0.25, -0.2) is 0 Å². The quantitative estimate of drug-likeness (QED) is 0.605. The minimum atomic E-state index is -1.30. The summed E-state index contributed by atoms with van der Waals surface area (Å²) < 4.78 is 1.40. The van der Waals surface area contributed by atoms with Crippen LogP contribution < -0.4 is 5.11 Å². The number of pyridine rings is 1. The normalized spacial score (nSPS) is 10.2. The van der Waals surface area contributed by atoms with Crippen LogP contribution in [-0.2, 0) is 0 Å². The highest BCUT2D eigenvalue weighted by Gasteiger charge is 2.04. The lowest BCUT2D eigenvalue weighted by Crippen LogP contribution is -2.23. The highest BCUT2D eigenvalue weighted by atomic mass is 16.4. The molecule has 0 aliphatic rings. The Morgan fingerprint density at radius 1 is 1.53 bits per heavy atom. The molecule has 2 rings (SSSR count). The summed E-state index contributed by atoms with van der Waals surface area (Å²) in [4.78, 5) is 14.2. The lowest BCUT2D eigenvalue weighted by atomic mass is 10.2. The monoisotopic (exact) mass is 204 g/mol. The number of carboxylic acid groups (broad SMARTS) is 1. The molecule has 2 aromatic heterocycles. The van der Waals surface area contributed by atoms with Gasteiger partial charge in [0.15, 0.2) is 0 Å². The van der Waals surface area contributed by atoms with Crippen molar-refractivity contribution in [1.29, 1.82) is 0 Å². The fourth-order valence-corrected chi connectivity index (χ4v) is 1.17. The largest absolute Gasteiger partial charge is 0.543 e. The molecule has 0 aromatic carbocycles. The molecule has 7 nitrogen and oxygen atoms in total. The second-order valence-corrected chi connectivity index (χ2v) is 2.90. The smallest absolute Gasteiger partial charge is 0.143 e. The maximum Gasteiger partial charge on any atom is 0.143 e. The Labute approximate surface area is 84.4 Å². The molecule has 76 valence electrons. The Kier molecular flexibility index (Phi) is 2.13. The van der Waals surface area contributed by atoms with E-state index in [1.807, 2.05) is 0 Å². The topological polar surface area (TPSA) is 96.6 Å². The number of tetrazole rings is 1. The van der Waals surface area contributed by atoms with Crippen LogP contribution in [0.15, 0.2) is 18.6 Å². The average Bonchev–Trinajstić information content (AvgIpc) is 2.70. The van der Waals surface area contributed by atoms with Gasteiger partial charge in [0.25, 0.3) is 0 Å². The first kappa shape index (κ1) is 9.25. The molecule has 0 fully saturated rings. The summed E-state index contributed by atoms with van der Waals surface area (Å²) >= 11 is 0. The number of hydrogen-bond donors (Lipinski definition) is 0. The Morgan fingerprint density at radius 3 is 2.87 bits per heavy atom. The number of aromatic carboxylic acids is 1. The van der Waals surface area contributed by atoms with E-state index < -0.39 is 5.97 Å². The van der Waals surface area contributed by atoms with Crippen LogP contribution in [0, 0.1) is 6.92 Å². The van der Waals surface area contributed by atoms with E-state index >= 15 is 0 Å². The summed E-state index contributed by atoms with van der Waals surface area (Å²) in [6, 6.07) is 1.41. The predicted molar refractivity (Wildman–Crippen MR) is 46.0 cm³/mol. The molecular weight excluding hydrogens is 198 g/mol. The Bertz CT molecular complexity index is 494. The van der Waals surface area contributed by atoms with Crippen molar-refractivity contribution in [2.75, 3.05) is 0 Å². The molecule has 0 spiro atoms. The lowest BCUT2D eigenvalue weighted by Gasteiger charge is -2.06. The summed E-state index contributed by atoms with van der Waals surface area (Å²) in [5.74, 6) is -1.30. The molecule has 0 bridgehead atoms. The highest BCUT2D eigenvalue weighted by Crippen LogP contribution is 2.11. The first-order valence-electron chi connectivity index (χ1n) is 4.10. The molecule has 7 heteroatoms. The molecule has 0 amide bonds. The van der Waals surface area contributed by atoms with Crippen molar-refractivity contribution < 1.29 is 9.90 Å². The van der Waals surface area contributed by atoms with Gasteiger partial charge in [0.1, 0.15) is 6.33 Å². The summed E-state index contributed by atoms with van der Waals surface area (Å²) in [5.41, 5.74) is 1.23. The van der Waals surface area contributed by atoms with Gasteiger partial charge in [-0.15, -0.1) is 5.10 Å². The van der Waals surface area contributed by atoms with E-state index in [1.165, 1.54) is 23.3 Å². The predicted octanol–water partition coefficient (Wildman–Crippen LogP) is -1.27. The van der Waals surface area contributed by atoms with Crippen LogP contribution in [-0.4, -0.2) is 31.2 Å². The SMILES string of the molecule is Cc1cc(C(=O)[O-])ncc1-n1cnnn1. The van der Waals surface area contributed by atoms with Crippen molar-refractivity contribution in [3.05, 3.63) is 29.8 Å². The van der Waals surface area contributed by atoms with Crippen molar-refractivity contribution in [2.45, 2.75) is 6.92 Å². The van der Waals surface area contributed by atoms with Crippen LogP contribution in [0.2, 0.25) is 0 Å². The summed E-state index contributed by atoms with van der Waals surface area (Å²) in [6.45, 7) is 1.74. The van der Waals surface area contributed by atoms with Gasteiger partial charge in [0, 0.05) is 0 Å². The number of nitrogens with zero attached hydrogens (tertiary/aromatic N) is 5. The van der Waals surface area contributed by atoms with Crippen LogP contribution in [0.25, 0.3) is 5.69 Å². The van der Waals surface area contributed by atoms with Gasteiger partial charge >= 0.3 is 0 Å². The third-order valence-corrected chi connectivity index (χ3v) is 1.89. The fraction of sp³-hybridized carbons (Fsp3) is 0.125. The molecule has 0 saturated heterocycles. The summed E-state index contributed by atoms with van der Waals surface area (Å²) in [6.07, 6.45) is 2.79. The zero-order valence-electron chi connectivity index (χ0n) is 7.78. The molecule has 0 atom stereocenters. The number of carbonyl (C=O) groups excluding carboxylic acids is 1. The summed E-state index contributed by atoms with van der Waals surface area (Å²) in [7, 11) is 0. The molecule has 0 aliphatic heterocycles. The van der Waals surface area contributed by atoms with E-state index in [4.69, 9.17) is 0 Å². The lowest BCUT2D eigenvalue weighted by molar-refractivity contribution is -0.255. The van der Waals surface area contributed by atoms with Gasteiger partial charge in [-0.1, -0.05) is 0 Å². The van der Waals surface area contributed by atoms with Crippen LogP contribution in [0.4, 0.5) is 0 Å². The van der Waals surface area contributed by atoms with Gasteiger partial charge < -0.3 is 9.90 Å². The summed E-state index contributed by atoms with van der Waals surface area (Å²) in [5, 5.41) is 21.2. The van der Waals surface area contributed by atoms with Gasteiger partial charge in [-0.05, 0) is 29.0 Å². The van der Waals surface area contributed by atoms with Crippen molar-refractivity contribution in [2.24, 2.45) is 0 Å². The van der Waals surface area contributed by atoms with Gasteiger partial charge in [-0.3, -0.25) is 4.98 Å².